The van der Waals surface area contributed by atoms with Gasteiger partial charge < -0.3 is 9.64 Å². The van der Waals surface area contributed by atoms with Gasteiger partial charge in [-0.3, -0.25) is 0 Å². The van der Waals surface area contributed by atoms with E-state index in [0.29, 0.717) is 0 Å². The lowest BCUT2D eigenvalue weighted by atomic mass is 10.2. The molecule has 3 aromatic rings. The summed E-state index contributed by atoms with van der Waals surface area (Å²) in [7, 11) is 4.05. The quantitative estimate of drug-likeness (QED) is 0.343. The fraction of sp³-hybridized carbons (Fsp3) is 0.308. The molecule has 0 atom stereocenters. The minimum atomic E-state index is -0.0903. The molecule has 0 aromatic heterocycles. The van der Waals surface area contributed by atoms with E-state index in [9.17, 15) is 0 Å². The average Bonchev–Trinajstić information content (AvgIpc) is 2.71. The van der Waals surface area contributed by atoms with Gasteiger partial charge in [-0.25, -0.2) is 0 Å². The van der Waals surface area contributed by atoms with Gasteiger partial charge in [-0.2, -0.15) is 0 Å². The zero-order chi connectivity index (χ0) is 20.6. The van der Waals surface area contributed by atoms with E-state index < -0.39 is 0 Å². The van der Waals surface area contributed by atoms with E-state index in [1.54, 1.807) is 0 Å². The van der Waals surface area contributed by atoms with E-state index >= 15 is 0 Å². The predicted octanol–water partition coefficient (Wildman–Crippen LogP) is 5.52. The van der Waals surface area contributed by atoms with Gasteiger partial charge in [0, 0.05) is 6.54 Å². The Morgan fingerprint density at radius 3 is 1.55 bits per heavy atom. The summed E-state index contributed by atoms with van der Waals surface area (Å²) in [6.45, 7) is 6.81. The van der Waals surface area contributed by atoms with Crippen molar-refractivity contribution in [1.29, 1.82) is 0 Å². The molecule has 3 heteroatoms. The molecule has 0 fully saturated rings. The molecule has 3 aromatic carbocycles. The maximum Gasteiger partial charge on any atom is 0.166 e. The number of ether oxygens (including phenoxy) is 1. The number of nitrogens with zero attached hydrogens (tertiary/aromatic N) is 1. The van der Waals surface area contributed by atoms with Crippen molar-refractivity contribution in [2.24, 2.45) is 0 Å². The number of benzene rings is 3. The molecule has 0 radical (unpaired) electrons. The van der Waals surface area contributed by atoms with Gasteiger partial charge in [-0.1, -0.05) is 47.5 Å². The van der Waals surface area contributed by atoms with Gasteiger partial charge in [0.2, 0.25) is 0 Å². The molecule has 29 heavy (non-hydrogen) atoms. The molecule has 3 rings (SSSR count). The first-order valence-corrected chi connectivity index (χ1v) is 11.4. The molecule has 0 aliphatic rings. The highest BCUT2D eigenvalue weighted by Gasteiger charge is 2.28. The normalized spacial score (nSPS) is 11.4. The van der Waals surface area contributed by atoms with Crippen molar-refractivity contribution in [3.05, 3.63) is 89.5 Å². The number of aryl methyl sites for hydroxylation is 2. The Balaban J connectivity index is 1.75. The summed E-state index contributed by atoms with van der Waals surface area (Å²) in [5.41, 5.74) is 3.92. The second-order valence-electron chi connectivity index (χ2n) is 7.74. The lowest BCUT2D eigenvalue weighted by molar-refractivity contribution is 0.120. The molecule has 0 bridgehead atoms. The molecule has 0 heterocycles. The highest BCUT2D eigenvalue weighted by molar-refractivity contribution is 7.97. The average molecular weight is 407 g/mol. The smallest absolute Gasteiger partial charge is 0.166 e. The Bertz CT molecular complexity index is 825. The summed E-state index contributed by atoms with van der Waals surface area (Å²) in [6, 6.07) is 27.0. The van der Waals surface area contributed by atoms with Crippen LogP contribution in [0.15, 0.2) is 87.5 Å². The standard InChI is InChI=1S/C26H32NOS/c1-21-5-11-24(12-6-21)29(25-13-7-22(2)8-14-25)26-15-9-23(10-16-26)17-19-28-20-18-27(3)4/h5-16H,17-20H2,1-4H3/q+1. The molecule has 0 spiro atoms. The Labute approximate surface area is 178 Å². The highest BCUT2D eigenvalue weighted by Crippen LogP contribution is 2.31. The number of likely N-dealkylation sites (N-methyl/N-ethyl adjacent to an activating group) is 1. The summed E-state index contributed by atoms with van der Waals surface area (Å²) < 4.78 is 5.75. The number of hydrogen-bond donors (Lipinski definition) is 0. The molecule has 2 nitrogen and oxygen atoms in total. The first kappa shape index (κ1) is 21.6. The van der Waals surface area contributed by atoms with E-state index in [4.69, 9.17) is 4.74 Å². The molecule has 0 saturated carbocycles. The molecule has 0 saturated heterocycles. The van der Waals surface area contributed by atoms with E-state index in [-0.39, 0.29) is 10.9 Å². The van der Waals surface area contributed by atoms with Crippen molar-refractivity contribution in [2.75, 3.05) is 33.9 Å². The molecule has 0 amide bonds. The highest BCUT2D eigenvalue weighted by atomic mass is 32.2. The third-order valence-corrected chi connectivity index (χ3v) is 7.12. The van der Waals surface area contributed by atoms with Gasteiger partial charge >= 0.3 is 0 Å². The second-order valence-corrected chi connectivity index (χ2v) is 9.77. The third kappa shape index (κ3) is 6.46. The Morgan fingerprint density at radius 1 is 0.655 bits per heavy atom. The Morgan fingerprint density at radius 2 is 1.10 bits per heavy atom. The van der Waals surface area contributed by atoms with Gasteiger partial charge in [0.1, 0.15) is 0 Å². The van der Waals surface area contributed by atoms with E-state index in [1.807, 2.05) is 0 Å². The second kappa shape index (κ2) is 10.6. The first-order valence-electron chi connectivity index (χ1n) is 10.2. The molecule has 152 valence electrons. The molecule has 0 unspecified atom stereocenters. The van der Waals surface area contributed by atoms with Gasteiger partial charge in [0.15, 0.2) is 14.7 Å². The predicted molar refractivity (Wildman–Crippen MR) is 124 cm³/mol. The van der Waals surface area contributed by atoms with Crippen LogP contribution in [0, 0.1) is 13.8 Å². The van der Waals surface area contributed by atoms with Gasteiger partial charge in [-0.05, 0) is 76.3 Å². The van der Waals surface area contributed by atoms with Crippen LogP contribution in [0.25, 0.3) is 0 Å². The Kier molecular flexibility index (Phi) is 7.93. The summed E-state index contributed by atoms with van der Waals surface area (Å²) in [4.78, 5) is 6.22. The number of rotatable bonds is 9. The van der Waals surface area contributed by atoms with Gasteiger partial charge in [0.05, 0.1) is 24.1 Å². The Hall–Kier alpha value is -2.07. The zero-order valence-electron chi connectivity index (χ0n) is 18.0. The number of hydrogen-bond acceptors (Lipinski definition) is 2. The van der Waals surface area contributed by atoms with Crippen LogP contribution >= 0.6 is 0 Å². The monoisotopic (exact) mass is 406 g/mol. The summed E-state index contributed by atoms with van der Waals surface area (Å²) in [5, 5.41) is 0. The van der Waals surface area contributed by atoms with Crippen molar-refractivity contribution in [3.8, 4) is 0 Å². The maximum atomic E-state index is 5.75. The van der Waals surface area contributed by atoms with Crippen molar-refractivity contribution in [3.63, 3.8) is 0 Å². The summed E-state index contributed by atoms with van der Waals surface area (Å²) in [5.74, 6) is 0. The molecular formula is C26H32NOS+. The van der Waals surface area contributed by atoms with Crippen molar-refractivity contribution in [2.45, 2.75) is 35.0 Å². The maximum absolute atomic E-state index is 5.75. The van der Waals surface area contributed by atoms with Crippen LogP contribution in [0.4, 0.5) is 0 Å². The van der Waals surface area contributed by atoms with E-state index in [1.165, 1.54) is 31.4 Å². The van der Waals surface area contributed by atoms with Crippen LogP contribution < -0.4 is 0 Å². The van der Waals surface area contributed by atoms with Crippen LogP contribution in [-0.4, -0.2) is 38.8 Å². The third-order valence-electron chi connectivity index (χ3n) is 4.89. The molecule has 0 aliphatic heterocycles. The summed E-state index contributed by atoms with van der Waals surface area (Å²) >= 11 is 0. The summed E-state index contributed by atoms with van der Waals surface area (Å²) in [6.07, 6.45) is 0.955. The molecular weight excluding hydrogens is 374 g/mol. The van der Waals surface area contributed by atoms with Crippen LogP contribution in [0.5, 0.6) is 0 Å². The van der Waals surface area contributed by atoms with Crippen molar-refractivity contribution >= 4 is 10.9 Å². The van der Waals surface area contributed by atoms with Crippen LogP contribution in [0.1, 0.15) is 16.7 Å². The van der Waals surface area contributed by atoms with Gasteiger partial charge in [0.25, 0.3) is 0 Å². The minimum Gasteiger partial charge on any atom is -0.380 e. The molecule has 0 N–H and O–H groups in total. The fourth-order valence-electron chi connectivity index (χ4n) is 3.09. The largest absolute Gasteiger partial charge is 0.380 e. The minimum absolute atomic E-state index is 0.0903. The van der Waals surface area contributed by atoms with Crippen LogP contribution in [-0.2, 0) is 22.1 Å². The topological polar surface area (TPSA) is 12.5 Å². The van der Waals surface area contributed by atoms with Gasteiger partial charge in [-0.15, -0.1) is 0 Å². The molecule has 0 aliphatic carbocycles. The lowest BCUT2D eigenvalue weighted by Gasteiger charge is -2.11. The van der Waals surface area contributed by atoms with Crippen LogP contribution in [0.2, 0.25) is 0 Å². The van der Waals surface area contributed by atoms with E-state index in [0.717, 1.165) is 26.2 Å². The van der Waals surface area contributed by atoms with Crippen molar-refractivity contribution < 1.29 is 4.74 Å². The van der Waals surface area contributed by atoms with Crippen LogP contribution in [0.3, 0.4) is 0 Å². The first-order chi connectivity index (χ1) is 14.0. The zero-order valence-corrected chi connectivity index (χ0v) is 18.8. The SMILES string of the molecule is Cc1ccc([S+](c2ccc(C)cc2)c2ccc(CCOCCN(C)C)cc2)cc1. The lowest BCUT2D eigenvalue weighted by Crippen LogP contribution is -2.18. The van der Waals surface area contributed by atoms with E-state index in [2.05, 4.69) is 106 Å². The van der Waals surface area contributed by atoms with Crippen molar-refractivity contribution in [1.82, 2.24) is 4.90 Å². The fourth-order valence-corrected chi connectivity index (χ4v) is 5.13.